The van der Waals surface area contributed by atoms with Gasteiger partial charge >= 0.3 is 0 Å². The lowest BCUT2D eigenvalue weighted by atomic mass is 9.82. The minimum absolute atomic E-state index is 0.0989. The summed E-state index contributed by atoms with van der Waals surface area (Å²) >= 11 is 0. The molecule has 1 aliphatic heterocycles. The Labute approximate surface area is 175 Å². The van der Waals surface area contributed by atoms with Crippen molar-refractivity contribution in [2.75, 3.05) is 13.7 Å². The van der Waals surface area contributed by atoms with Crippen molar-refractivity contribution in [1.82, 2.24) is 10.2 Å². The van der Waals surface area contributed by atoms with Crippen molar-refractivity contribution in [1.29, 1.82) is 0 Å². The summed E-state index contributed by atoms with van der Waals surface area (Å²) in [5.74, 6) is 0.764. The number of ether oxygens (including phenoxy) is 1. The number of hydrogen-bond acceptors (Lipinski definition) is 3. The molecule has 0 bridgehead atoms. The Bertz CT molecular complexity index is 682. The second kappa shape index (κ2) is 10.7. The zero-order valence-electron chi connectivity index (χ0n) is 18.0. The Kier molecular flexibility index (Phi) is 7.96. The lowest BCUT2D eigenvalue weighted by Crippen LogP contribution is -2.50. The van der Waals surface area contributed by atoms with Gasteiger partial charge in [-0.2, -0.15) is 0 Å². The molecule has 1 aromatic carbocycles. The summed E-state index contributed by atoms with van der Waals surface area (Å²) in [6, 6.07) is 7.84. The second-order valence-corrected chi connectivity index (χ2v) is 8.47. The molecule has 160 valence electrons. The van der Waals surface area contributed by atoms with Crippen LogP contribution < -0.4 is 10.1 Å². The molecule has 0 unspecified atom stereocenters. The smallest absolute Gasteiger partial charge is 0.225 e. The molecule has 5 heteroatoms. The molecule has 1 heterocycles. The van der Waals surface area contributed by atoms with E-state index >= 15 is 0 Å². The molecular formula is C24H36N2O3. The molecule has 29 heavy (non-hydrogen) atoms. The first-order valence-corrected chi connectivity index (χ1v) is 11.4. The van der Waals surface area contributed by atoms with E-state index in [9.17, 15) is 9.59 Å². The average Bonchev–Trinajstić information content (AvgIpc) is 3.01. The largest absolute Gasteiger partial charge is 0.496 e. The van der Waals surface area contributed by atoms with E-state index < -0.39 is 0 Å². The maximum atomic E-state index is 13.4. The molecule has 0 aromatic heterocycles. The van der Waals surface area contributed by atoms with Gasteiger partial charge in [0.1, 0.15) is 5.75 Å². The molecule has 2 atom stereocenters. The number of rotatable bonds is 7. The fraction of sp³-hybridized carbons (Fsp3) is 0.667. The first-order chi connectivity index (χ1) is 14.2. The van der Waals surface area contributed by atoms with Crippen LogP contribution in [-0.2, 0) is 9.59 Å². The number of piperidine rings is 1. The van der Waals surface area contributed by atoms with Crippen LogP contribution in [0.3, 0.4) is 0 Å². The van der Waals surface area contributed by atoms with Gasteiger partial charge < -0.3 is 15.0 Å². The predicted molar refractivity (Wildman–Crippen MR) is 115 cm³/mol. The highest BCUT2D eigenvalue weighted by molar-refractivity contribution is 5.85. The Morgan fingerprint density at radius 1 is 1.14 bits per heavy atom. The SMILES string of the molecule is CCCCN1C(=O)CC[C@H](C(=O)NC2CCCCCC2)[C@@H]1c1ccccc1OC. The lowest BCUT2D eigenvalue weighted by Gasteiger charge is -2.41. The summed E-state index contributed by atoms with van der Waals surface area (Å²) < 4.78 is 5.61. The normalized spacial score (nSPS) is 23.5. The Balaban J connectivity index is 1.87. The molecule has 0 radical (unpaired) electrons. The molecular weight excluding hydrogens is 364 g/mol. The Morgan fingerprint density at radius 3 is 2.55 bits per heavy atom. The predicted octanol–water partition coefficient (Wildman–Crippen LogP) is 4.61. The van der Waals surface area contributed by atoms with E-state index in [4.69, 9.17) is 4.74 Å². The van der Waals surface area contributed by atoms with Crippen LogP contribution in [0.25, 0.3) is 0 Å². The van der Waals surface area contributed by atoms with Gasteiger partial charge in [0, 0.05) is 24.6 Å². The molecule has 1 saturated heterocycles. The summed E-state index contributed by atoms with van der Waals surface area (Å²) in [6.07, 6.45) is 10.0. The van der Waals surface area contributed by atoms with Gasteiger partial charge in [0.15, 0.2) is 0 Å². The minimum atomic E-state index is -0.260. The van der Waals surface area contributed by atoms with Crippen molar-refractivity contribution in [3.8, 4) is 5.75 Å². The first-order valence-electron chi connectivity index (χ1n) is 11.4. The number of benzene rings is 1. The highest BCUT2D eigenvalue weighted by Gasteiger charge is 2.41. The number of nitrogens with one attached hydrogen (secondary N) is 1. The number of methoxy groups -OCH3 is 1. The topological polar surface area (TPSA) is 58.6 Å². The number of carbonyl (C=O) groups is 2. The lowest BCUT2D eigenvalue weighted by molar-refractivity contribution is -0.143. The number of hydrogen-bond donors (Lipinski definition) is 1. The number of carbonyl (C=O) groups excluding carboxylic acids is 2. The standard InChI is InChI=1S/C24H36N2O3/c1-3-4-17-26-22(27)16-15-20(23(26)19-13-9-10-14-21(19)29-2)24(28)25-18-11-7-5-6-8-12-18/h9-10,13-14,18,20,23H,3-8,11-12,15-17H2,1-2H3,(H,25,28)/t20-,23-/m0/s1. The highest BCUT2D eigenvalue weighted by atomic mass is 16.5. The van der Waals surface area contributed by atoms with Crippen LogP contribution in [0.15, 0.2) is 24.3 Å². The molecule has 0 spiro atoms. The van der Waals surface area contributed by atoms with Crippen LogP contribution in [0.2, 0.25) is 0 Å². The molecule has 1 saturated carbocycles. The Morgan fingerprint density at radius 2 is 1.86 bits per heavy atom. The van der Waals surface area contributed by atoms with E-state index in [1.165, 1.54) is 25.7 Å². The van der Waals surface area contributed by atoms with Gasteiger partial charge in [0.25, 0.3) is 0 Å². The minimum Gasteiger partial charge on any atom is -0.496 e. The van der Waals surface area contributed by atoms with Crippen molar-refractivity contribution >= 4 is 11.8 Å². The van der Waals surface area contributed by atoms with Crippen LogP contribution in [0.4, 0.5) is 0 Å². The van der Waals surface area contributed by atoms with Crippen LogP contribution in [0, 0.1) is 5.92 Å². The van der Waals surface area contributed by atoms with Crippen LogP contribution in [0.1, 0.15) is 82.7 Å². The number of likely N-dealkylation sites (tertiary alicyclic amines) is 1. The summed E-state index contributed by atoms with van der Waals surface area (Å²) in [7, 11) is 1.65. The molecule has 2 amide bonds. The summed E-state index contributed by atoms with van der Waals surface area (Å²) in [5.41, 5.74) is 0.945. The number of nitrogens with zero attached hydrogens (tertiary/aromatic N) is 1. The van der Waals surface area contributed by atoms with Crippen LogP contribution >= 0.6 is 0 Å². The summed E-state index contributed by atoms with van der Waals surface area (Å²) in [6.45, 7) is 2.81. The van der Waals surface area contributed by atoms with E-state index in [2.05, 4.69) is 12.2 Å². The zero-order chi connectivity index (χ0) is 20.6. The quantitative estimate of drug-likeness (QED) is 0.680. The highest BCUT2D eigenvalue weighted by Crippen LogP contribution is 2.41. The van der Waals surface area contributed by atoms with E-state index in [-0.39, 0.29) is 29.8 Å². The molecule has 3 rings (SSSR count). The van der Waals surface area contributed by atoms with Gasteiger partial charge in [-0.1, -0.05) is 57.2 Å². The molecule has 1 N–H and O–H groups in total. The van der Waals surface area contributed by atoms with Crippen molar-refractivity contribution in [3.05, 3.63) is 29.8 Å². The summed E-state index contributed by atoms with van der Waals surface area (Å²) in [4.78, 5) is 28.2. The first kappa shape index (κ1) is 21.7. The average molecular weight is 401 g/mol. The molecule has 1 aromatic rings. The van der Waals surface area contributed by atoms with Crippen LogP contribution in [-0.4, -0.2) is 36.4 Å². The number of para-hydroxylation sites is 1. The maximum Gasteiger partial charge on any atom is 0.225 e. The third kappa shape index (κ3) is 5.31. The molecule has 2 aliphatic rings. The fourth-order valence-corrected chi connectivity index (χ4v) is 4.85. The zero-order valence-corrected chi connectivity index (χ0v) is 18.0. The van der Waals surface area contributed by atoms with E-state index in [1.54, 1.807) is 7.11 Å². The van der Waals surface area contributed by atoms with Crippen molar-refractivity contribution in [2.24, 2.45) is 5.92 Å². The van der Waals surface area contributed by atoms with Crippen molar-refractivity contribution in [2.45, 2.75) is 83.2 Å². The molecule has 5 nitrogen and oxygen atoms in total. The summed E-state index contributed by atoms with van der Waals surface area (Å²) in [5, 5.41) is 3.34. The molecule has 2 fully saturated rings. The van der Waals surface area contributed by atoms with Crippen molar-refractivity contribution in [3.63, 3.8) is 0 Å². The fourth-order valence-electron chi connectivity index (χ4n) is 4.85. The number of unbranched alkanes of at least 4 members (excludes halogenated alkanes) is 1. The maximum absolute atomic E-state index is 13.4. The third-order valence-corrected chi connectivity index (χ3v) is 6.45. The molecule has 1 aliphatic carbocycles. The van der Waals surface area contributed by atoms with E-state index in [0.29, 0.717) is 19.4 Å². The van der Waals surface area contributed by atoms with Crippen molar-refractivity contribution < 1.29 is 14.3 Å². The van der Waals surface area contributed by atoms with Gasteiger partial charge in [-0.15, -0.1) is 0 Å². The Hall–Kier alpha value is -2.04. The second-order valence-electron chi connectivity index (χ2n) is 8.47. The van der Waals surface area contributed by atoms with Gasteiger partial charge in [-0.05, 0) is 31.7 Å². The third-order valence-electron chi connectivity index (χ3n) is 6.45. The number of amides is 2. The van der Waals surface area contributed by atoms with Gasteiger partial charge in [0.05, 0.1) is 19.1 Å². The van der Waals surface area contributed by atoms with E-state index in [1.807, 2.05) is 29.2 Å². The van der Waals surface area contributed by atoms with Gasteiger partial charge in [-0.3, -0.25) is 9.59 Å². The van der Waals surface area contributed by atoms with Gasteiger partial charge in [0.2, 0.25) is 11.8 Å². The monoisotopic (exact) mass is 400 g/mol. The van der Waals surface area contributed by atoms with Gasteiger partial charge in [-0.25, -0.2) is 0 Å². The van der Waals surface area contributed by atoms with E-state index in [0.717, 1.165) is 37.0 Å². The van der Waals surface area contributed by atoms with Crippen LogP contribution in [0.5, 0.6) is 5.75 Å².